The van der Waals surface area contributed by atoms with Crippen molar-refractivity contribution in [3.8, 4) is 33.5 Å². The molecule has 36 heavy (non-hydrogen) atoms. The van der Waals surface area contributed by atoms with Crippen molar-refractivity contribution < 1.29 is 0 Å². The van der Waals surface area contributed by atoms with E-state index < -0.39 is 0 Å². The third kappa shape index (κ3) is 3.60. The molecule has 0 fully saturated rings. The van der Waals surface area contributed by atoms with Crippen LogP contribution in [0.15, 0.2) is 134 Å². The monoisotopic (exact) mass is 458 g/mol. The molecular formula is C34H22N2. The Morgan fingerprint density at radius 2 is 0.889 bits per heavy atom. The minimum atomic E-state index is 0.943. The smallest absolute Gasteiger partial charge is 0.0972 e. The third-order valence-electron chi connectivity index (χ3n) is 6.91. The van der Waals surface area contributed by atoms with Crippen molar-refractivity contribution >= 4 is 32.6 Å². The fourth-order valence-electron chi connectivity index (χ4n) is 4.94. The van der Waals surface area contributed by atoms with E-state index in [9.17, 15) is 0 Å². The largest absolute Gasteiger partial charge is 0.254 e. The zero-order valence-electron chi connectivity index (χ0n) is 19.6. The van der Waals surface area contributed by atoms with Gasteiger partial charge in [-0.15, -0.1) is 0 Å². The summed E-state index contributed by atoms with van der Waals surface area (Å²) < 4.78 is 0. The molecule has 0 saturated carbocycles. The van der Waals surface area contributed by atoms with Gasteiger partial charge in [0.25, 0.3) is 0 Å². The number of nitrogens with zero attached hydrogens (tertiary/aromatic N) is 2. The van der Waals surface area contributed by atoms with Crippen LogP contribution >= 0.6 is 0 Å². The maximum Gasteiger partial charge on any atom is 0.0972 e. The number of hydrogen-bond acceptors (Lipinski definition) is 2. The van der Waals surface area contributed by atoms with Gasteiger partial charge in [0.05, 0.1) is 16.7 Å². The van der Waals surface area contributed by atoms with E-state index >= 15 is 0 Å². The van der Waals surface area contributed by atoms with Gasteiger partial charge in [0.15, 0.2) is 0 Å². The highest BCUT2D eigenvalue weighted by Gasteiger charge is 2.07. The predicted octanol–water partition coefficient (Wildman–Crippen LogP) is 8.94. The summed E-state index contributed by atoms with van der Waals surface area (Å²) >= 11 is 0. The Bertz CT molecular complexity index is 1870. The van der Waals surface area contributed by atoms with Crippen LogP contribution in [0.5, 0.6) is 0 Å². The molecule has 2 aromatic heterocycles. The molecule has 0 radical (unpaired) electrons. The Balaban J connectivity index is 1.19. The molecule has 7 rings (SSSR count). The van der Waals surface area contributed by atoms with Crippen molar-refractivity contribution in [1.29, 1.82) is 0 Å². The summed E-state index contributed by atoms with van der Waals surface area (Å²) in [6.45, 7) is 0. The highest BCUT2D eigenvalue weighted by molar-refractivity contribution is 6.03. The van der Waals surface area contributed by atoms with Crippen LogP contribution in [0.2, 0.25) is 0 Å². The van der Waals surface area contributed by atoms with Crippen LogP contribution in [0.3, 0.4) is 0 Å². The highest BCUT2D eigenvalue weighted by atomic mass is 14.7. The standard InChI is InChI=1S/C34H22N2/c1-2-5-30-22-31(18-13-23(30)4-1)26-9-7-24(8-10-26)25-11-14-27(15-12-25)32-20-19-29-17-16-28-6-3-21-35-33(28)34(29)36-32/h1-22H. The Morgan fingerprint density at radius 3 is 1.64 bits per heavy atom. The quantitative estimate of drug-likeness (QED) is 0.247. The van der Waals surface area contributed by atoms with E-state index in [4.69, 9.17) is 4.98 Å². The van der Waals surface area contributed by atoms with Crippen LogP contribution < -0.4 is 0 Å². The minimum absolute atomic E-state index is 0.943. The van der Waals surface area contributed by atoms with E-state index in [2.05, 4.69) is 126 Å². The summed E-state index contributed by atoms with van der Waals surface area (Å²) in [7, 11) is 0. The van der Waals surface area contributed by atoms with Gasteiger partial charge in [0.1, 0.15) is 0 Å². The van der Waals surface area contributed by atoms with Crippen molar-refractivity contribution in [2.45, 2.75) is 0 Å². The van der Waals surface area contributed by atoms with E-state index in [0.717, 1.165) is 33.1 Å². The molecule has 168 valence electrons. The molecule has 7 aromatic rings. The molecular weight excluding hydrogens is 436 g/mol. The van der Waals surface area contributed by atoms with E-state index in [-0.39, 0.29) is 0 Å². The molecule has 0 bridgehead atoms. The number of aromatic nitrogens is 2. The third-order valence-corrected chi connectivity index (χ3v) is 6.91. The average Bonchev–Trinajstić information content (AvgIpc) is 2.97. The van der Waals surface area contributed by atoms with Crippen LogP contribution in [-0.4, -0.2) is 9.97 Å². The molecule has 0 saturated heterocycles. The second-order valence-corrected chi connectivity index (χ2v) is 9.13. The minimum Gasteiger partial charge on any atom is -0.254 e. The van der Waals surface area contributed by atoms with Crippen LogP contribution in [0.1, 0.15) is 0 Å². The maximum absolute atomic E-state index is 4.98. The second-order valence-electron chi connectivity index (χ2n) is 9.13. The summed E-state index contributed by atoms with van der Waals surface area (Å²) in [4.78, 5) is 9.56. The van der Waals surface area contributed by atoms with Crippen molar-refractivity contribution in [2.75, 3.05) is 0 Å². The van der Waals surface area contributed by atoms with E-state index in [1.807, 2.05) is 12.3 Å². The van der Waals surface area contributed by atoms with Crippen LogP contribution in [0.4, 0.5) is 0 Å². The highest BCUT2D eigenvalue weighted by Crippen LogP contribution is 2.30. The van der Waals surface area contributed by atoms with Gasteiger partial charge in [-0.2, -0.15) is 0 Å². The second kappa shape index (κ2) is 8.44. The maximum atomic E-state index is 4.98. The Labute approximate surface area is 209 Å². The fourth-order valence-corrected chi connectivity index (χ4v) is 4.94. The summed E-state index contributed by atoms with van der Waals surface area (Å²) in [5.41, 5.74) is 8.80. The molecule has 2 nitrogen and oxygen atoms in total. The van der Waals surface area contributed by atoms with Crippen molar-refractivity contribution in [2.24, 2.45) is 0 Å². The first kappa shape index (κ1) is 20.5. The number of fused-ring (bicyclic) bond motifs is 4. The molecule has 0 atom stereocenters. The van der Waals surface area contributed by atoms with Crippen molar-refractivity contribution in [3.63, 3.8) is 0 Å². The molecule has 0 aliphatic carbocycles. The van der Waals surface area contributed by atoms with E-state index in [1.165, 1.54) is 33.0 Å². The molecule has 0 unspecified atom stereocenters. The van der Waals surface area contributed by atoms with E-state index in [1.54, 1.807) is 0 Å². The first-order chi connectivity index (χ1) is 17.8. The fraction of sp³-hybridized carbons (Fsp3) is 0. The zero-order valence-corrected chi connectivity index (χ0v) is 19.6. The van der Waals surface area contributed by atoms with Crippen molar-refractivity contribution in [3.05, 3.63) is 134 Å². The molecule has 0 spiro atoms. The van der Waals surface area contributed by atoms with Gasteiger partial charge in [-0.1, -0.05) is 109 Å². The summed E-state index contributed by atoms with van der Waals surface area (Å²) in [5.74, 6) is 0. The van der Waals surface area contributed by atoms with Gasteiger partial charge in [-0.3, -0.25) is 4.98 Å². The van der Waals surface area contributed by atoms with Gasteiger partial charge >= 0.3 is 0 Å². The molecule has 0 N–H and O–H groups in total. The zero-order chi connectivity index (χ0) is 23.9. The first-order valence-electron chi connectivity index (χ1n) is 12.2. The molecule has 2 heteroatoms. The average molecular weight is 459 g/mol. The Kier molecular flexibility index (Phi) is 4.82. The molecule has 5 aromatic carbocycles. The van der Waals surface area contributed by atoms with Gasteiger partial charge in [0.2, 0.25) is 0 Å². The summed E-state index contributed by atoms with van der Waals surface area (Å²) in [5, 5.41) is 4.74. The molecule has 0 aliphatic rings. The normalized spacial score (nSPS) is 11.3. The van der Waals surface area contributed by atoms with Crippen LogP contribution in [-0.2, 0) is 0 Å². The van der Waals surface area contributed by atoms with Crippen LogP contribution in [0.25, 0.3) is 66.1 Å². The molecule has 0 aliphatic heterocycles. The van der Waals surface area contributed by atoms with Gasteiger partial charge in [-0.25, -0.2) is 4.98 Å². The van der Waals surface area contributed by atoms with Gasteiger partial charge < -0.3 is 0 Å². The Hall–Kier alpha value is -4.82. The van der Waals surface area contributed by atoms with Crippen LogP contribution in [0, 0.1) is 0 Å². The van der Waals surface area contributed by atoms with Gasteiger partial charge in [0, 0.05) is 22.5 Å². The topological polar surface area (TPSA) is 25.8 Å². The number of pyridine rings is 2. The molecule has 2 heterocycles. The lowest BCUT2D eigenvalue weighted by Gasteiger charge is -2.08. The predicted molar refractivity (Wildman–Crippen MR) is 151 cm³/mol. The van der Waals surface area contributed by atoms with Crippen molar-refractivity contribution in [1.82, 2.24) is 9.97 Å². The lowest BCUT2D eigenvalue weighted by atomic mass is 9.97. The lowest BCUT2D eigenvalue weighted by molar-refractivity contribution is 1.37. The van der Waals surface area contributed by atoms with Gasteiger partial charge in [-0.05, 0) is 51.2 Å². The Morgan fingerprint density at radius 1 is 0.361 bits per heavy atom. The lowest BCUT2D eigenvalue weighted by Crippen LogP contribution is -1.89. The number of rotatable bonds is 3. The number of benzene rings is 5. The molecule has 0 amide bonds. The van der Waals surface area contributed by atoms with E-state index in [0.29, 0.717) is 0 Å². The summed E-state index contributed by atoms with van der Waals surface area (Å²) in [6, 6.07) is 45.1. The first-order valence-corrected chi connectivity index (χ1v) is 12.2. The summed E-state index contributed by atoms with van der Waals surface area (Å²) in [6.07, 6.45) is 1.83. The SMILES string of the molecule is c1ccc2cc(-c3ccc(-c4ccc(-c5ccc6ccc7cccnc7c6n5)cc4)cc3)ccc2c1. The number of hydrogen-bond donors (Lipinski definition) is 0.